The van der Waals surface area contributed by atoms with E-state index in [0.717, 1.165) is 9.80 Å². The van der Waals surface area contributed by atoms with Crippen LogP contribution in [0.25, 0.3) is 0 Å². The fraction of sp³-hybridized carbons (Fsp3) is 0.458. The van der Waals surface area contributed by atoms with Crippen LogP contribution in [-0.4, -0.2) is 76.4 Å². The van der Waals surface area contributed by atoms with Crippen molar-refractivity contribution in [1.29, 1.82) is 0 Å². The minimum absolute atomic E-state index is 0.0557. The molecule has 0 saturated heterocycles. The molecule has 0 aliphatic carbocycles. The fourth-order valence-electron chi connectivity index (χ4n) is 3.88. The van der Waals surface area contributed by atoms with Gasteiger partial charge in [-0.1, -0.05) is 19.1 Å². The van der Waals surface area contributed by atoms with E-state index in [1.807, 2.05) is 6.92 Å². The molecule has 188 valence electrons. The molecule has 1 aliphatic heterocycles. The van der Waals surface area contributed by atoms with Crippen LogP contribution in [0.5, 0.6) is 5.75 Å². The summed E-state index contributed by atoms with van der Waals surface area (Å²) in [5, 5.41) is 10.6. The Morgan fingerprint density at radius 3 is 2.40 bits per heavy atom. The average Bonchev–Trinajstić information content (AvgIpc) is 3.03. The van der Waals surface area contributed by atoms with Gasteiger partial charge in [-0.15, -0.1) is 0 Å². The van der Waals surface area contributed by atoms with E-state index in [9.17, 15) is 28.7 Å². The van der Waals surface area contributed by atoms with Crippen molar-refractivity contribution in [3.05, 3.63) is 57.5 Å². The molecule has 0 spiro atoms. The minimum Gasteiger partial charge on any atom is -0.501 e. The number of hydrogen-bond acceptors (Lipinski definition) is 7. The predicted octanol–water partition coefficient (Wildman–Crippen LogP) is 1.47. The van der Waals surface area contributed by atoms with Crippen LogP contribution in [0.2, 0.25) is 0 Å². The molecule has 2 heterocycles. The van der Waals surface area contributed by atoms with Crippen LogP contribution in [0, 0.1) is 5.82 Å². The summed E-state index contributed by atoms with van der Waals surface area (Å²) < 4.78 is 20.1. The standard InChI is InChI=1S/C24H29FN4O6/c1-5-16-12-35-13-17(28(4)24(34)23(33)27(2)3)21-26-19(20(31)22(32)29(16)21)18(30)11-8-14-6-9-15(25)10-7-14/h6-7,9-10,16-17,31H,5,8,11-13H2,1-4H3/t16-,17-/m0/s1. The van der Waals surface area contributed by atoms with Gasteiger partial charge in [-0.3, -0.25) is 23.7 Å². The number of aromatic hydroxyl groups is 1. The molecule has 10 nitrogen and oxygen atoms in total. The molecule has 1 aromatic carbocycles. The van der Waals surface area contributed by atoms with Gasteiger partial charge in [-0.05, 0) is 30.5 Å². The van der Waals surface area contributed by atoms with Crippen LogP contribution >= 0.6 is 0 Å². The first-order valence-electron chi connectivity index (χ1n) is 11.3. The molecule has 0 saturated carbocycles. The molecular weight excluding hydrogens is 459 g/mol. The Hall–Kier alpha value is -3.60. The third-order valence-electron chi connectivity index (χ3n) is 6.03. The van der Waals surface area contributed by atoms with E-state index < -0.39 is 52.5 Å². The first-order valence-corrected chi connectivity index (χ1v) is 11.3. The summed E-state index contributed by atoms with van der Waals surface area (Å²) in [4.78, 5) is 57.8. The Morgan fingerprint density at radius 2 is 1.80 bits per heavy atom. The van der Waals surface area contributed by atoms with Crippen molar-refractivity contribution < 1.29 is 28.6 Å². The van der Waals surface area contributed by atoms with Gasteiger partial charge in [0.1, 0.15) is 17.7 Å². The number of benzene rings is 1. The van der Waals surface area contributed by atoms with Crippen LogP contribution < -0.4 is 5.56 Å². The Balaban J connectivity index is 2.02. The smallest absolute Gasteiger partial charge is 0.312 e. The lowest BCUT2D eigenvalue weighted by Gasteiger charge is -2.28. The van der Waals surface area contributed by atoms with E-state index >= 15 is 0 Å². The topological polar surface area (TPSA) is 122 Å². The quantitative estimate of drug-likeness (QED) is 0.483. The number of aromatic nitrogens is 2. The number of halogens is 1. The number of ketones is 1. The number of ether oxygens (including phenoxy) is 1. The SMILES string of the molecule is CC[C@H]1COC[C@H](N(C)C(=O)C(=O)N(C)C)c2nc(C(=O)CCc3ccc(F)cc3)c(O)c(=O)n21. The fourth-order valence-corrected chi connectivity index (χ4v) is 3.88. The summed E-state index contributed by atoms with van der Waals surface area (Å²) in [6, 6.07) is 4.22. The van der Waals surface area contributed by atoms with Gasteiger partial charge in [-0.2, -0.15) is 0 Å². The van der Waals surface area contributed by atoms with Crippen LogP contribution in [0.3, 0.4) is 0 Å². The Kier molecular flexibility index (Phi) is 8.00. The van der Waals surface area contributed by atoms with Crippen LogP contribution in [-0.2, 0) is 20.7 Å². The van der Waals surface area contributed by atoms with E-state index in [0.29, 0.717) is 12.0 Å². The van der Waals surface area contributed by atoms with Gasteiger partial charge in [0.2, 0.25) is 5.75 Å². The number of aryl methyl sites for hydroxylation is 1. The number of amides is 2. The zero-order valence-corrected chi connectivity index (χ0v) is 20.2. The highest BCUT2D eigenvalue weighted by Gasteiger charge is 2.36. The van der Waals surface area contributed by atoms with E-state index in [2.05, 4.69) is 4.98 Å². The normalized spacial score (nSPS) is 17.3. The molecule has 0 unspecified atom stereocenters. The molecule has 35 heavy (non-hydrogen) atoms. The lowest BCUT2D eigenvalue weighted by atomic mass is 10.0. The molecule has 1 aliphatic rings. The lowest BCUT2D eigenvalue weighted by molar-refractivity contribution is -0.151. The highest BCUT2D eigenvalue weighted by Crippen LogP contribution is 2.28. The number of likely N-dealkylation sites (N-methyl/N-ethyl adjacent to an activating group) is 2. The number of fused-ring (bicyclic) bond motifs is 1. The summed E-state index contributed by atoms with van der Waals surface area (Å²) in [7, 11) is 4.28. The lowest BCUT2D eigenvalue weighted by Crippen LogP contribution is -2.44. The summed E-state index contributed by atoms with van der Waals surface area (Å²) in [5.41, 5.74) is -0.525. The average molecular weight is 489 g/mol. The van der Waals surface area contributed by atoms with Crippen molar-refractivity contribution in [2.24, 2.45) is 0 Å². The van der Waals surface area contributed by atoms with Crippen molar-refractivity contribution in [2.45, 2.75) is 38.3 Å². The van der Waals surface area contributed by atoms with Crippen molar-refractivity contribution in [1.82, 2.24) is 19.4 Å². The maximum atomic E-state index is 13.2. The largest absolute Gasteiger partial charge is 0.501 e. The Bertz CT molecular complexity index is 1180. The molecular formula is C24H29FN4O6. The predicted molar refractivity (Wildman–Crippen MR) is 124 cm³/mol. The van der Waals surface area contributed by atoms with Crippen LogP contribution in [0.4, 0.5) is 4.39 Å². The highest BCUT2D eigenvalue weighted by molar-refractivity contribution is 6.34. The van der Waals surface area contributed by atoms with Gasteiger partial charge in [-0.25, -0.2) is 9.37 Å². The summed E-state index contributed by atoms with van der Waals surface area (Å²) >= 11 is 0. The maximum Gasteiger partial charge on any atom is 0.312 e. The van der Waals surface area contributed by atoms with E-state index in [4.69, 9.17) is 4.74 Å². The molecule has 2 aromatic rings. The van der Waals surface area contributed by atoms with Crippen LogP contribution in [0.1, 0.15) is 53.7 Å². The molecule has 0 bridgehead atoms. The van der Waals surface area contributed by atoms with E-state index in [1.54, 1.807) is 12.1 Å². The van der Waals surface area contributed by atoms with Crippen molar-refractivity contribution in [3.63, 3.8) is 0 Å². The third kappa shape index (κ3) is 5.40. The maximum absolute atomic E-state index is 13.2. The monoisotopic (exact) mass is 488 g/mol. The number of carbonyl (C=O) groups excluding carboxylic acids is 3. The third-order valence-corrected chi connectivity index (χ3v) is 6.03. The van der Waals surface area contributed by atoms with Crippen molar-refractivity contribution in [2.75, 3.05) is 34.4 Å². The van der Waals surface area contributed by atoms with Gasteiger partial charge in [0, 0.05) is 27.6 Å². The Morgan fingerprint density at radius 1 is 1.14 bits per heavy atom. The van der Waals surface area contributed by atoms with E-state index in [1.165, 1.54) is 37.8 Å². The summed E-state index contributed by atoms with van der Waals surface area (Å²) in [6.07, 6.45) is 0.632. The van der Waals surface area contributed by atoms with E-state index in [-0.39, 0.29) is 31.9 Å². The molecule has 3 rings (SSSR count). The molecule has 11 heteroatoms. The zero-order chi connectivity index (χ0) is 25.9. The molecule has 1 N–H and O–H groups in total. The molecule has 2 amide bonds. The van der Waals surface area contributed by atoms with Crippen molar-refractivity contribution >= 4 is 17.6 Å². The van der Waals surface area contributed by atoms with Gasteiger partial charge in [0.05, 0.1) is 19.3 Å². The Labute approximate surface area is 201 Å². The second-order valence-corrected chi connectivity index (χ2v) is 8.62. The second kappa shape index (κ2) is 10.8. The first-order chi connectivity index (χ1) is 16.6. The second-order valence-electron chi connectivity index (χ2n) is 8.62. The van der Waals surface area contributed by atoms with Gasteiger partial charge < -0.3 is 19.6 Å². The number of rotatable bonds is 6. The highest BCUT2D eigenvalue weighted by atomic mass is 19.1. The number of Topliss-reactive ketones (excluding diaryl/α,β-unsaturated/α-hetero) is 1. The van der Waals surface area contributed by atoms with Gasteiger partial charge >= 0.3 is 11.8 Å². The van der Waals surface area contributed by atoms with Gasteiger partial charge in [0.25, 0.3) is 5.56 Å². The zero-order valence-electron chi connectivity index (χ0n) is 20.2. The number of nitrogens with zero attached hydrogens (tertiary/aromatic N) is 4. The molecule has 1 aromatic heterocycles. The first kappa shape index (κ1) is 26.0. The van der Waals surface area contributed by atoms with Crippen LogP contribution in [0.15, 0.2) is 29.1 Å². The molecule has 2 atom stereocenters. The number of carbonyl (C=O) groups is 3. The van der Waals surface area contributed by atoms with Gasteiger partial charge in [0.15, 0.2) is 11.5 Å². The van der Waals surface area contributed by atoms with Crippen molar-refractivity contribution in [3.8, 4) is 5.75 Å². The summed E-state index contributed by atoms with van der Waals surface area (Å²) in [6.45, 7) is 1.90. The minimum atomic E-state index is -0.945. The number of hydrogen-bond donors (Lipinski definition) is 1. The molecule has 0 fully saturated rings. The summed E-state index contributed by atoms with van der Waals surface area (Å²) in [5.74, 6) is -3.31. The molecule has 0 radical (unpaired) electrons.